The highest BCUT2D eigenvalue weighted by molar-refractivity contribution is 6.30. The van der Waals surface area contributed by atoms with Crippen molar-refractivity contribution in [1.29, 1.82) is 0 Å². The normalized spacial score (nSPS) is 28.2. The fourth-order valence-corrected chi connectivity index (χ4v) is 1.79. The van der Waals surface area contributed by atoms with Crippen molar-refractivity contribution >= 4 is 11.6 Å². The van der Waals surface area contributed by atoms with Crippen LogP contribution in [0.2, 0.25) is 5.02 Å². The number of hydrogen-bond donors (Lipinski definition) is 1. The van der Waals surface area contributed by atoms with Crippen LogP contribution in [0.3, 0.4) is 0 Å². The van der Waals surface area contributed by atoms with Crippen LogP contribution in [0.1, 0.15) is 24.3 Å². The minimum atomic E-state index is 0.422. The summed E-state index contributed by atoms with van der Waals surface area (Å²) >= 11 is 5.78. The Morgan fingerprint density at radius 1 is 1.17 bits per heavy atom. The topological polar surface area (TPSA) is 26.0 Å². The molecule has 1 aliphatic rings. The van der Waals surface area contributed by atoms with Crippen molar-refractivity contribution in [3.8, 4) is 0 Å². The Balaban J connectivity index is 2.09. The largest absolute Gasteiger partial charge is 0.328 e. The monoisotopic (exact) mass is 181 g/mol. The molecular weight excluding hydrogens is 170 g/mol. The van der Waals surface area contributed by atoms with E-state index in [1.54, 1.807) is 0 Å². The van der Waals surface area contributed by atoms with Crippen molar-refractivity contribution in [3.63, 3.8) is 0 Å². The van der Waals surface area contributed by atoms with Gasteiger partial charge >= 0.3 is 0 Å². The number of rotatable bonds is 1. The van der Waals surface area contributed by atoms with Crippen LogP contribution in [0.15, 0.2) is 24.3 Å². The summed E-state index contributed by atoms with van der Waals surface area (Å²) in [5, 5.41) is 0.808. The summed E-state index contributed by atoms with van der Waals surface area (Å²) in [6, 6.07) is 8.50. The van der Waals surface area contributed by atoms with E-state index < -0.39 is 0 Å². The van der Waals surface area contributed by atoms with E-state index in [9.17, 15) is 0 Å². The Bertz CT molecular complexity index is 262. The van der Waals surface area contributed by atoms with Gasteiger partial charge in [0.05, 0.1) is 0 Å². The summed E-state index contributed by atoms with van der Waals surface area (Å²) in [6.07, 6.45) is 2.25. The lowest BCUT2D eigenvalue weighted by atomic mass is 9.76. The first-order valence-electron chi connectivity index (χ1n) is 4.27. The molecule has 0 aliphatic heterocycles. The minimum Gasteiger partial charge on any atom is -0.328 e. The lowest BCUT2D eigenvalue weighted by molar-refractivity contribution is 0.351. The third-order valence-electron chi connectivity index (χ3n) is 2.52. The van der Waals surface area contributed by atoms with Crippen LogP contribution in [0.25, 0.3) is 0 Å². The van der Waals surface area contributed by atoms with E-state index in [-0.39, 0.29) is 0 Å². The first kappa shape index (κ1) is 8.09. The Kier molecular flexibility index (Phi) is 2.07. The molecule has 0 heterocycles. The summed E-state index contributed by atoms with van der Waals surface area (Å²) in [7, 11) is 0. The van der Waals surface area contributed by atoms with Crippen molar-refractivity contribution < 1.29 is 0 Å². The Hall–Kier alpha value is -0.530. The molecule has 12 heavy (non-hydrogen) atoms. The van der Waals surface area contributed by atoms with Crippen molar-refractivity contribution in [2.45, 2.75) is 24.8 Å². The van der Waals surface area contributed by atoms with Gasteiger partial charge in [-0.3, -0.25) is 0 Å². The van der Waals surface area contributed by atoms with Crippen LogP contribution >= 0.6 is 11.6 Å². The summed E-state index contributed by atoms with van der Waals surface area (Å²) < 4.78 is 0. The molecule has 1 saturated carbocycles. The van der Waals surface area contributed by atoms with Gasteiger partial charge in [-0.25, -0.2) is 0 Å². The summed E-state index contributed by atoms with van der Waals surface area (Å²) in [6.45, 7) is 0. The van der Waals surface area contributed by atoms with E-state index in [2.05, 4.69) is 12.1 Å². The first-order valence-corrected chi connectivity index (χ1v) is 4.64. The minimum absolute atomic E-state index is 0.422. The second-order valence-corrected chi connectivity index (χ2v) is 3.92. The Morgan fingerprint density at radius 2 is 1.75 bits per heavy atom. The first-order chi connectivity index (χ1) is 5.75. The molecule has 0 unspecified atom stereocenters. The molecule has 1 aromatic rings. The van der Waals surface area contributed by atoms with Crippen LogP contribution in [-0.4, -0.2) is 6.04 Å². The molecule has 1 fully saturated rings. The molecule has 0 bridgehead atoms. The van der Waals surface area contributed by atoms with Crippen LogP contribution in [-0.2, 0) is 0 Å². The second kappa shape index (κ2) is 3.08. The second-order valence-electron chi connectivity index (χ2n) is 3.48. The molecule has 64 valence electrons. The highest BCUT2D eigenvalue weighted by Crippen LogP contribution is 2.35. The lowest BCUT2D eigenvalue weighted by Crippen LogP contribution is -2.34. The molecule has 0 spiro atoms. The number of nitrogens with two attached hydrogens (primary N) is 1. The molecule has 2 rings (SSSR count). The highest BCUT2D eigenvalue weighted by atomic mass is 35.5. The van der Waals surface area contributed by atoms with Crippen LogP contribution in [0.5, 0.6) is 0 Å². The molecule has 0 atom stereocenters. The molecule has 0 saturated heterocycles. The molecular formula is C10H12ClN. The zero-order valence-electron chi connectivity index (χ0n) is 6.83. The van der Waals surface area contributed by atoms with E-state index in [0.717, 1.165) is 17.9 Å². The summed E-state index contributed by atoms with van der Waals surface area (Å²) in [4.78, 5) is 0. The van der Waals surface area contributed by atoms with E-state index in [0.29, 0.717) is 12.0 Å². The van der Waals surface area contributed by atoms with Gasteiger partial charge < -0.3 is 5.73 Å². The maximum Gasteiger partial charge on any atom is 0.0406 e. The Morgan fingerprint density at radius 3 is 2.25 bits per heavy atom. The van der Waals surface area contributed by atoms with E-state index in [1.807, 2.05) is 12.1 Å². The average molecular weight is 182 g/mol. The number of hydrogen-bond acceptors (Lipinski definition) is 1. The average Bonchev–Trinajstić information content (AvgIpc) is 2.01. The van der Waals surface area contributed by atoms with Gasteiger partial charge in [0.25, 0.3) is 0 Å². The maximum absolute atomic E-state index is 5.78. The summed E-state index contributed by atoms with van der Waals surface area (Å²) in [5.74, 6) is 0.678. The van der Waals surface area contributed by atoms with Gasteiger partial charge in [-0.15, -0.1) is 0 Å². The fraction of sp³-hybridized carbons (Fsp3) is 0.400. The van der Waals surface area contributed by atoms with Gasteiger partial charge in [-0.05, 0) is 36.5 Å². The van der Waals surface area contributed by atoms with Crippen LogP contribution in [0, 0.1) is 0 Å². The predicted molar refractivity (Wildman–Crippen MR) is 51.4 cm³/mol. The molecule has 0 radical (unpaired) electrons. The third kappa shape index (κ3) is 1.47. The predicted octanol–water partition coefficient (Wildman–Crippen LogP) is 2.54. The molecule has 0 aromatic heterocycles. The zero-order valence-corrected chi connectivity index (χ0v) is 7.59. The third-order valence-corrected chi connectivity index (χ3v) is 2.77. The van der Waals surface area contributed by atoms with Crippen molar-refractivity contribution in [3.05, 3.63) is 34.9 Å². The fourth-order valence-electron chi connectivity index (χ4n) is 1.67. The maximum atomic E-state index is 5.78. The quantitative estimate of drug-likeness (QED) is 0.708. The molecule has 1 aromatic carbocycles. The van der Waals surface area contributed by atoms with Crippen molar-refractivity contribution in [2.24, 2.45) is 5.73 Å². The van der Waals surface area contributed by atoms with Crippen LogP contribution in [0.4, 0.5) is 0 Å². The van der Waals surface area contributed by atoms with E-state index in [4.69, 9.17) is 17.3 Å². The number of halogens is 1. The molecule has 1 nitrogen and oxygen atoms in total. The zero-order chi connectivity index (χ0) is 8.55. The molecule has 2 heteroatoms. The molecule has 1 aliphatic carbocycles. The van der Waals surface area contributed by atoms with E-state index in [1.165, 1.54) is 5.56 Å². The summed E-state index contributed by atoms with van der Waals surface area (Å²) in [5.41, 5.74) is 7.09. The van der Waals surface area contributed by atoms with Gasteiger partial charge in [0.15, 0.2) is 0 Å². The Labute approximate surface area is 77.5 Å². The van der Waals surface area contributed by atoms with E-state index >= 15 is 0 Å². The van der Waals surface area contributed by atoms with Gasteiger partial charge in [-0.2, -0.15) is 0 Å². The molecule has 0 amide bonds. The van der Waals surface area contributed by atoms with Crippen LogP contribution < -0.4 is 5.73 Å². The van der Waals surface area contributed by atoms with Crippen molar-refractivity contribution in [2.75, 3.05) is 0 Å². The van der Waals surface area contributed by atoms with Crippen molar-refractivity contribution in [1.82, 2.24) is 0 Å². The van der Waals surface area contributed by atoms with Gasteiger partial charge in [0, 0.05) is 11.1 Å². The number of benzene rings is 1. The van der Waals surface area contributed by atoms with Gasteiger partial charge in [0.2, 0.25) is 0 Å². The SMILES string of the molecule is N[C@H]1C[C@H](c2ccc(Cl)cc2)C1. The van der Waals surface area contributed by atoms with Gasteiger partial charge in [-0.1, -0.05) is 23.7 Å². The smallest absolute Gasteiger partial charge is 0.0406 e. The lowest BCUT2D eigenvalue weighted by Gasteiger charge is -2.32. The standard InChI is InChI=1S/C10H12ClN/c11-9-3-1-7(2-4-9)8-5-10(12)6-8/h1-4,8,10H,5-6,12H2/t8-,10-. The molecule has 2 N–H and O–H groups in total. The highest BCUT2D eigenvalue weighted by Gasteiger charge is 2.26. The van der Waals surface area contributed by atoms with Gasteiger partial charge in [0.1, 0.15) is 0 Å².